The molecule has 0 unspecified atom stereocenters. The zero-order valence-electron chi connectivity index (χ0n) is 14.5. The fraction of sp³-hybridized carbons (Fsp3) is 0.533. The maximum absolute atomic E-state index is 13.0. The van der Waals surface area contributed by atoms with Crippen LogP contribution in [0.4, 0.5) is 0 Å². The number of alkyl halides is 1. The first kappa shape index (κ1) is 19.9. The van der Waals surface area contributed by atoms with Gasteiger partial charge in [-0.1, -0.05) is 25.4 Å². The molecular weight excluding hydrogens is 385 g/mol. The first-order valence-electron chi connectivity index (χ1n) is 7.69. The van der Waals surface area contributed by atoms with E-state index in [1.807, 2.05) is 13.8 Å². The summed E-state index contributed by atoms with van der Waals surface area (Å²) in [6.07, 6.45) is 1.18. The lowest BCUT2D eigenvalue weighted by Gasteiger charge is -2.31. The number of hydrogen-bond donors (Lipinski definition) is 1. The van der Waals surface area contributed by atoms with Gasteiger partial charge in [0.25, 0.3) is 9.84 Å². The van der Waals surface area contributed by atoms with Gasteiger partial charge in [-0.2, -0.15) is 5.10 Å². The Morgan fingerprint density at radius 3 is 2.60 bits per heavy atom. The number of rotatable bonds is 5. The standard InChI is InChI=1S/C15H21Cl2N5O2S/c1-10(2)8-21(9-15(3,4)17)14(18)25(23,24)13-7-19-12-6-5-11(16)20-22(12)13/h5-7,10,18H,8-9H2,1-4H3. The summed E-state index contributed by atoms with van der Waals surface area (Å²) < 4.78 is 27.1. The fourth-order valence-corrected chi connectivity index (χ4v) is 3.91. The van der Waals surface area contributed by atoms with Crippen molar-refractivity contribution in [3.05, 3.63) is 23.5 Å². The Kier molecular flexibility index (Phi) is 5.65. The van der Waals surface area contributed by atoms with Crippen molar-refractivity contribution in [3.8, 4) is 0 Å². The SMILES string of the molecule is CC(C)CN(CC(C)(C)Cl)C(=N)S(=O)(=O)c1cnc2ccc(Cl)nn12. The summed E-state index contributed by atoms with van der Waals surface area (Å²) in [4.78, 5) is 4.81. The maximum atomic E-state index is 13.0. The molecule has 2 aromatic heterocycles. The minimum absolute atomic E-state index is 0.134. The molecule has 138 valence electrons. The van der Waals surface area contributed by atoms with E-state index in [0.29, 0.717) is 12.2 Å². The predicted molar refractivity (Wildman–Crippen MR) is 99.3 cm³/mol. The van der Waals surface area contributed by atoms with Crippen molar-refractivity contribution in [2.45, 2.75) is 37.6 Å². The van der Waals surface area contributed by atoms with E-state index in [-0.39, 0.29) is 22.6 Å². The quantitative estimate of drug-likeness (QED) is 0.468. The first-order chi connectivity index (χ1) is 11.4. The van der Waals surface area contributed by atoms with E-state index in [1.54, 1.807) is 19.9 Å². The van der Waals surface area contributed by atoms with Crippen molar-refractivity contribution < 1.29 is 8.42 Å². The van der Waals surface area contributed by atoms with Crippen molar-refractivity contribution in [3.63, 3.8) is 0 Å². The summed E-state index contributed by atoms with van der Waals surface area (Å²) in [5, 5.41) is 11.7. The zero-order chi connectivity index (χ0) is 19.0. The predicted octanol–water partition coefficient (Wildman–Crippen LogP) is 3.07. The van der Waals surface area contributed by atoms with Gasteiger partial charge in [0.15, 0.2) is 10.7 Å². The number of nitrogens with zero attached hydrogens (tertiary/aromatic N) is 4. The van der Waals surface area contributed by atoms with Crippen molar-refractivity contribution in [1.82, 2.24) is 19.5 Å². The maximum Gasteiger partial charge on any atom is 0.258 e. The first-order valence-corrected chi connectivity index (χ1v) is 9.93. The van der Waals surface area contributed by atoms with Crippen molar-refractivity contribution in [1.29, 1.82) is 5.41 Å². The van der Waals surface area contributed by atoms with Crippen molar-refractivity contribution in [2.24, 2.45) is 5.92 Å². The Labute approximate surface area is 157 Å². The van der Waals surface area contributed by atoms with Gasteiger partial charge in [-0.3, -0.25) is 5.41 Å². The monoisotopic (exact) mass is 405 g/mol. The highest BCUT2D eigenvalue weighted by Crippen LogP contribution is 2.21. The van der Waals surface area contributed by atoms with Gasteiger partial charge in [0.1, 0.15) is 5.15 Å². The molecule has 1 N–H and O–H groups in total. The van der Waals surface area contributed by atoms with Crippen LogP contribution >= 0.6 is 23.2 Å². The molecule has 2 aromatic rings. The van der Waals surface area contributed by atoms with E-state index in [0.717, 1.165) is 4.52 Å². The molecule has 0 aliphatic heterocycles. The van der Waals surface area contributed by atoms with E-state index in [1.165, 1.54) is 17.2 Å². The number of amidine groups is 1. The Morgan fingerprint density at radius 2 is 2.04 bits per heavy atom. The summed E-state index contributed by atoms with van der Waals surface area (Å²) in [6.45, 7) is 8.05. The fourth-order valence-electron chi connectivity index (χ4n) is 2.40. The summed E-state index contributed by atoms with van der Waals surface area (Å²) in [6, 6.07) is 3.08. The second-order valence-electron chi connectivity index (χ2n) is 6.82. The van der Waals surface area contributed by atoms with Gasteiger partial charge >= 0.3 is 0 Å². The lowest BCUT2D eigenvalue weighted by Crippen LogP contribution is -2.44. The Hall–Kier alpha value is -1.38. The van der Waals surface area contributed by atoms with Crippen LogP contribution in [0.5, 0.6) is 0 Å². The molecule has 0 fully saturated rings. The van der Waals surface area contributed by atoms with E-state index in [2.05, 4.69) is 10.1 Å². The van der Waals surface area contributed by atoms with E-state index < -0.39 is 19.9 Å². The third-order valence-electron chi connectivity index (χ3n) is 3.27. The molecule has 0 bridgehead atoms. The van der Waals surface area contributed by atoms with Crippen LogP contribution in [0.2, 0.25) is 5.15 Å². The number of sulfone groups is 1. The molecule has 0 amide bonds. The van der Waals surface area contributed by atoms with Crippen LogP contribution in [0.3, 0.4) is 0 Å². The minimum atomic E-state index is -4.13. The molecule has 10 heteroatoms. The molecule has 25 heavy (non-hydrogen) atoms. The highest BCUT2D eigenvalue weighted by molar-refractivity contribution is 8.06. The van der Waals surface area contributed by atoms with Crippen LogP contribution in [-0.2, 0) is 9.84 Å². The van der Waals surface area contributed by atoms with Crippen LogP contribution in [0.15, 0.2) is 23.4 Å². The van der Waals surface area contributed by atoms with Gasteiger partial charge in [0.2, 0.25) is 5.17 Å². The zero-order valence-corrected chi connectivity index (χ0v) is 16.8. The average Bonchev–Trinajstić information content (AvgIpc) is 2.87. The topological polar surface area (TPSA) is 91.4 Å². The molecular formula is C15H21Cl2N5O2S. The van der Waals surface area contributed by atoms with Crippen LogP contribution in [0.25, 0.3) is 5.65 Å². The molecule has 0 saturated carbocycles. The van der Waals surface area contributed by atoms with E-state index >= 15 is 0 Å². The third-order valence-corrected chi connectivity index (χ3v) is 5.19. The van der Waals surface area contributed by atoms with Crippen molar-refractivity contribution >= 4 is 43.9 Å². The Morgan fingerprint density at radius 1 is 1.40 bits per heavy atom. The molecule has 0 aliphatic rings. The van der Waals surface area contributed by atoms with Gasteiger partial charge < -0.3 is 4.90 Å². The molecule has 0 aliphatic carbocycles. The Balaban J connectivity index is 2.47. The normalized spacial score (nSPS) is 12.8. The van der Waals surface area contributed by atoms with Crippen LogP contribution in [0, 0.1) is 11.3 Å². The lowest BCUT2D eigenvalue weighted by atomic mass is 10.1. The highest BCUT2D eigenvalue weighted by atomic mass is 35.5. The number of hydrogen-bond acceptors (Lipinski definition) is 5. The summed E-state index contributed by atoms with van der Waals surface area (Å²) in [7, 11) is -4.13. The number of imidazole rings is 1. The Bertz CT molecular complexity index is 887. The lowest BCUT2D eigenvalue weighted by molar-refractivity contribution is 0.341. The van der Waals surface area contributed by atoms with Crippen molar-refractivity contribution in [2.75, 3.05) is 13.1 Å². The molecule has 0 saturated heterocycles. The van der Waals surface area contributed by atoms with Gasteiger partial charge in [0, 0.05) is 13.1 Å². The highest BCUT2D eigenvalue weighted by Gasteiger charge is 2.33. The summed E-state index contributed by atoms with van der Waals surface area (Å²) >= 11 is 12.1. The number of fused-ring (bicyclic) bond motifs is 1. The largest absolute Gasteiger partial charge is 0.345 e. The minimum Gasteiger partial charge on any atom is -0.345 e. The van der Waals surface area contributed by atoms with Crippen LogP contribution in [-0.4, -0.2) is 51.0 Å². The van der Waals surface area contributed by atoms with E-state index in [9.17, 15) is 8.42 Å². The van der Waals surface area contributed by atoms with Gasteiger partial charge in [-0.25, -0.2) is 17.9 Å². The number of aromatic nitrogens is 3. The van der Waals surface area contributed by atoms with E-state index in [4.69, 9.17) is 28.6 Å². The molecule has 0 spiro atoms. The molecule has 2 rings (SSSR count). The second kappa shape index (κ2) is 7.09. The third kappa shape index (κ3) is 4.62. The average molecular weight is 406 g/mol. The molecule has 0 atom stereocenters. The van der Waals surface area contributed by atoms with Gasteiger partial charge in [-0.15, -0.1) is 11.6 Å². The molecule has 2 heterocycles. The van der Waals surface area contributed by atoms with Crippen LogP contribution in [0.1, 0.15) is 27.7 Å². The summed E-state index contributed by atoms with van der Waals surface area (Å²) in [5.41, 5.74) is 0.337. The van der Waals surface area contributed by atoms with Gasteiger partial charge in [0.05, 0.1) is 11.1 Å². The van der Waals surface area contributed by atoms with Gasteiger partial charge in [-0.05, 0) is 31.9 Å². The summed E-state index contributed by atoms with van der Waals surface area (Å²) in [5.74, 6) is 0.157. The molecule has 0 radical (unpaired) electrons. The van der Waals surface area contributed by atoms with Crippen LogP contribution < -0.4 is 0 Å². The molecule has 0 aromatic carbocycles. The number of nitrogens with one attached hydrogen (secondary N) is 1. The number of halogens is 2. The molecule has 7 nitrogen and oxygen atoms in total. The second-order valence-corrected chi connectivity index (χ2v) is 10.0. The smallest absolute Gasteiger partial charge is 0.258 e.